The summed E-state index contributed by atoms with van der Waals surface area (Å²) in [5.41, 5.74) is -0.0145. The Labute approximate surface area is 103 Å². The number of sulfonamides is 1. The summed E-state index contributed by atoms with van der Waals surface area (Å²) in [4.78, 5) is -0.145. The van der Waals surface area contributed by atoms with Gasteiger partial charge in [-0.25, -0.2) is 17.2 Å². The van der Waals surface area contributed by atoms with Crippen LogP contribution in [0.2, 0.25) is 0 Å². The van der Waals surface area contributed by atoms with Crippen molar-refractivity contribution in [3.05, 3.63) is 64.9 Å². The summed E-state index contributed by atoms with van der Waals surface area (Å²) < 4.78 is 52.7. The van der Waals surface area contributed by atoms with Crippen molar-refractivity contribution >= 4 is 15.7 Å². The first kappa shape index (κ1) is 12.5. The Balaban J connectivity index is 2.30. The Morgan fingerprint density at radius 2 is 1.56 bits per heavy atom. The topological polar surface area (TPSA) is 48.2 Å². The fraction of sp³-hybridized carbons (Fsp3) is 0. The third-order valence-corrected chi connectivity index (χ3v) is 3.46. The predicted octanol–water partition coefficient (Wildman–Crippen LogP) is 3.36. The molecule has 0 atom stereocenters. The van der Waals surface area contributed by atoms with Gasteiger partial charge in [0.15, 0.2) is 0 Å². The van der Waals surface area contributed by atoms with E-state index in [2.05, 4.69) is 4.72 Å². The molecule has 0 saturated heterocycles. The van der Waals surface area contributed by atoms with Gasteiger partial charge < -0.3 is 4.72 Å². The lowest BCUT2D eigenvalue weighted by atomic mass is 10.3. The Morgan fingerprint density at radius 1 is 0.889 bits per heavy atom. The summed E-state index contributed by atoms with van der Waals surface area (Å²) in [5, 5.41) is 0. The Bertz CT molecular complexity index is 654. The molecule has 0 aliphatic heterocycles. The molecule has 0 amide bonds. The molecule has 0 fully saturated rings. The molecule has 2 aromatic carbocycles. The summed E-state index contributed by atoms with van der Waals surface area (Å²) in [6, 6.07) is 9.16. The second-order valence-corrected chi connectivity index (χ2v) is 5.10. The number of benzene rings is 2. The van der Waals surface area contributed by atoms with E-state index < -0.39 is 21.7 Å². The molecule has 0 unspecified atom stereocenters. The summed E-state index contributed by atoms with van der Waals surface area (Å²) in [5.74, 6) is -1.12. The molecular formula is C12H8F2NO2S-. The first-order valence-electron chi connectivity index (χ1n) is 4.96. The van der Waals surface area contributed by atoms with Gasteiger partial charge in [-0.15, -0.1) is 5.69 Å². The number of hydrogen-bond donors (Lipinski definition) is 0. The predicted molar refractivity (Wildman–Crippen MR) is 63.0 cm³/mol. The molecule has 2 aromatic rings. The van der Waals surface area contributed by atoms with Crippen LogP contribution < -0.4 is 0 Å². The minimum absolute atomic E-state index is 0.0145. The monoisotopic (exact) mass is 268 g/mol. The molecule has 0 bridgehead atoms. The third-order valence-electron chi connectivity index (χ3n) is 2.15. The summed E-state index contributed by atoms with van der Waals surface area (Å²) in [7, 11) is -3.96. The van der Waals surface area contributed by atoms with Gasteiger partial charge in [0.2, 0.25) is 0 Å². The van der Waals surface area contributed by atoms with Gasteiger partial charge >= 0.3 is 0 Å². The summed E-state index contributed by atoms with van der Waals surface area (Å²) in [6.45, 7) is 0. The van der Waals surface area contributed by atoms with E-state index in [4.69, 9.17) is 0 Å². The van der Waals surface area contributed by atoms with Gasteiger partial charge in [0.25, 0.3) is 0 Å². The number of rotatable bonds is 3. The maximum Gasteiger partial charge on any atom is 0.123 e. The van der Waals surface area contributed by atoms with Crippen molar-refractivity contribution in [2.45, 2.75) is 4.90 Å². The Kier molecular flexibility index (Phi) is 3.29. The Hall–Kier alpha value is -1.95. The zero-order chi connectivity index (χ0) is 13.2. The summed E-state index contributed by atoms with van der Waals surface area (Å²) >= 11 is 0. The van der Waals surface area contributed by atoms with E-state index in [9.17, 15) is 17.2 Å². The van der Waals surface area contributed by atoms with Crippen LogP contribution in [-0.4, -0.2) is 8.42 Å². The van der Waals surface area contributed by atoms with Gasteiger partial charge in [-0.1, -0.05) is 12.1 Å². The minimum Gasteiger partial charge on any atom is -0.573 e. The number of hydrogen-bond acceptors (Lipinski definition) is 2. The molecule has 0 saturated carbocycles. The lowest BCUT2D eigenvalue weighted by molar-refractivity contribution is 0.601. The minimum atomic E-state index is -3.96. The average Bonchev–Trinajstić information content (AvgIpc) is 2.29. The van der Waals surface area contributed by atoms with Gasteiger partial charge in [0, 0.05) is 0 Å². The van der Waals surface area contributed by atoms with Crippen LogP contribution in [-0.2, 0) is 10.0 Å². The van der Waals surface area contributed by atoms with E-state index in [-0.39, 0.29) is 10.6 Å². The zero-order valence-electron chi connectivity index (χ0n) is 9.05. The molecule has 2 rings (SSSR count). The molecule has 3 nitrogen and oxygen atoms in total. The molecule has 0 radical (unpaired) electrons. The van der Waals surface area contributed by atoms with Gasteiger partial charge in [0.1, 0.15) is 21.7 Å². The highest BCUT2D eigenvalue weighted by Gasteiger charge is 2.04. The molecule has 94 valence electrons. The van der Waals surface area contributed by atoms with Crippen molar-refractivity contribution < 1.29 is 17.2 Å². The number of halogens is 2. The summed E-state index contributed by atoms with van der Waals surface area (Å²) in [6.07, 6.45) is 0. The molecular weight excluding hydrogens is 260 g/mol. The molecule has 0 aromatic heterocycles. The number of nitrogens with zero attached hydrogens (tertiary/aromatic N) is 1. The van der Waals surface area contributed by atoms with Crippen molar-refractivity contribution in [3.8, 4) is 0 Å². The van der Waals surface area contributed by atoms with Crippen LogP contribution in [0.4, 0.5) is 14.5 Å². The van der Waals surface area contributed by atoms with Crippen molar-refractivity contribution in [1.29, 1.82) is 0 Å². The third kappa shape index (κ3) is 2.84. The van der Waals surface area contributed by atoms with Gasteiger partial charge in [-0.2, -0.15) is 0 Å². The first-order valence-corrected chi connectivity index (χ1v) is 6.40. The van der Waals surface area contributed by atoms with Crippen molar-refractivity contribution in [3.63, 3.8) is 0 Å². The highest BCUT2D eigenvalue weighted by atomic mass is 32.2. The van der Waals surface area contributed by atoms with Crippen LogP contribution in [0.3, 0.4) is 0 Å². The molecule has 0 aliphatic rings. The second kappa shape index (κ2) is 4.73. The first-order chi connectivity index (χ1) is 8.47. The van der Waals surface area contributed by atoms with E-state index in [0.717, 1.165) is 30.3 Å². The van der Waals surface area contributed by atoms with E-state index >= 15 is 0 Å². The largest absolute Gasteiger partial charge is 0.573 e. The standard InChI is InChI=1S/C12H8F2NO2S/c13-9-4-6-12(7-5-9)18(16,17)15-11-3-1-2-10(14)8-11/h1-8H/q-1. The highest BCUT2D eigenvalue weighted by Crippen LogP contribution is 2.27. The molecule has 6 heteroatoms. The zero-order valence-corrected chi connectivity index (χ0v) is 9.86. The van der Waals surface area contributed by atoms with Crippen LogP contribution >= 0.6 is 0 Å². The van der Waals surface area contributed by atoms with Crippen molar-refractivity contribution in [2.24, 2.45) is 0 Å². The van der Waals surface area contributed by atoms with E-state index in [1.165, 1.54) is 18.2 Å². The van der Waals surface area contributed by atoms with E-state index in [1.54, 1.807) is 0 Å². The molecule has 0 N–H and O–H groups in total. The molecule has 0 heterocycles. The van der Waals surface area contributed by atoms with Crippen molar-refractivity contribution in [1.82, 2.24) is 0 Å². The van der Waals surface area contributed by atoms with Crippen LogP contribution in [0.5, 0.6) is 0 Å². The second-order valence-electron chi connectivity index (χ2n) is 3.50. The fourth-order valence-electron chi connectivity index (χ4n) is 1.33. The maximum absolute atomic E-state index is 12.9. The molecule has 18 heavy (non-hydrogen) atoms. The Morgan fingerprint density at radius 3 is 2.17 bits per heavy atom. The van der Waals surface area contributed by atoms with Crippen LogP contribution in [0.25, 0.3) is 4.72 Å². The average molecular weight is 268 g/mol. The van der Waals surface area contributed by atoms with Crippen LogP contribution in [0.1, 0.15) is 0 Å². The van der Waals surface area contributed by atoms with Gasteiger partial charge in [-0.3, -0.25) is 0 Å². The van der Waals surface area contributed by atoms with Gasteiger partial charge in [0.05, 0.1) is 4.90 Å². The van der Waals surface area contributed by atoms with E-state index in [1.807, 2.05) is 0 Å². The van der Waals surface area contributed by atoms with E-state index in [0.29, 0.717) is 0 Å². The lowest BCUT2D eigenvalue weighted by Crippen LogP contribution is -1.97. The fourth-order valence-corrected chi connectivity index (χ4v) is 2.31. The molecule has 0 spiro atoms. The maximum atomic E-state index is 12.9. The van der Waals surface area contributed by atoms with Crippen LogP contribution in [0.15, 0.2) is 53.4 Å². The normalized spacial score (nSPS) is 11.2. The smallest absolute Gasteiger partial charge is 0.123 e. The SMILES string of the molecule is O=S(=O)([N-]c1cccc(F)c1)c1ccc(F)cc1. The highest BCUT2D eigenvalue weighted by molar-refractivity contribution is 7.94. The molecule has 0 aliphatic carbocycles. The lowest BCUT2D eigenvalue weighted by Gasteiger charge is -2.21. The van der Waals surface area contributed by atoms with Gasteiger partial charge in [-0.05, 0) is 36.4 Å². The van der Waals surface area contributed by atoms with Crippen molar-refractivity contribution in [2.75, 3.05) is 0 Å². The van der Waals surface area contributed by atoms with Crippen LogP contribution in [0, 0.1) is 11.6 Å². The quantitative estimate of drug-likeness (QED) is 0.857.